The summed E-state index contributed by atoms with van der Waals surface area (Å²) in [6.07, 6.45) is 2.52. The zero-order chi connectivity index (χ0) is 11.3. The first-order valence-electron chi connectivity index (χ1n) is 4.96. The van der Waals surface area contributed by atoms with Crippen LogP contribution in [0.3, 0.4) is 0 Å². The molecule has 4 nitrogen and oxygen atoms in total. The maximum absolute atomic E-state index is 10.8. The lowest BCUT2D eigenvalue weighted by Crippen LogP contribution is -2.11. The van der Waals surface area contributed by atoms with E-state index in [4.69, 9.17) is 9.84 Å². The van der Waals surface area contributed by atoms with Crippen molar-refractivity contribution >= 4 is 5.97 Å². The van der Waals surface area contributed by atoms with Crippen molar-refractivity contribution in [3.8, 4) is 5.88 Å². The molecule has 0 aliphatic heterocycles. The van der Waals surface area contributed by atoms with Crippen LogP contribution in [0.5, 0.6) is 5.88 Å². The van der Waals surface area contributed by atoms with Crippen molar-refractivity contribution in [2.45, 2.75) is 20.3 Å². The molecule has 0 aliphatic carbocycles. The highest BCUT2D eigenvalue weighted by molar-refractivity contribution is 5.90. The van der Waals surface area contributed by atoms with E-state index in [1.165, 1.54) is 12.3 Å². The summed E-state index contributed by atoms with van der Waals surface area (Å²) in [4.78, 5) is 14.7. The predicted molar refractivity (Wildman–Crippen MR) is 56.1 cm³/mol. The second-order valence-electron chi connectivity index (χ2n) is 3.49. The summed E-state index contributed by atoms with van der Waals surface area (Å²) >= 11 is 0. The van der Waals surface area contributed by atoms with Crippen molar-refractivity contribution < 1.29 is 14.6 Å². The van der Waals surface area contributed by atoms with Gasteiger partial charge in [0, 0.05) is 6.20 Å². The number of nitrogens with zero attached hydrogens (tertiary/aromatic N) is 1. The Kier molecular flexibility index (Phi) is 4.09. The minimum atomic E-state index is -1.01. The van der Waals surface area contributed by atoms with Gasteiger partial charge < -0.3 is 9.84 Å². The van der Waals surface area contributed by atoms with Crippen molar-refractivity contribution in [1.29, 1.82) is 0 Å². The lowest BCUT2D eigenvalue weighted by molar-refractivity contribution is 0.0690. The predicted octanol–water partition coefficient (Wildman–Crippen LogP) is 2.20. The average Bonchev–Trinajstić information content (AvgIpc) is 2.26. The van der Waals surface area contributed by atoms with E-state index in [1.54, 1.807) is 6.07 Å². The first-order valence-corrected chi connectivity index (χ1v) is 4.96. The third-order valence-corrected chi connectivity index (χ3v) is 2.20. The minimum absolute atomic E-state index is 0.112. The number of rotatable bonds is 5. The van der Waals surface area contributed by atoms with E-state index in [2.05, 4.69) is 11.9 Å². The Morgan fingerprint density at radius 2 is 2.40 bits per heavy atom. The SMILES string of the molecule is CCC(C)COc1ncccc1C(=O)O. The molecule has 0 fully saturated rings. The van der Waals surface area contributed by atoms with E-state index in [0.717, 1.165) is 6.42 Å². The molecule has 0 amide bonds. The zero-order valence-corrected chi connectivity index (χ0v) is 8.93. The van der Waals surface area contributed by atoms with Gasteiger partial charge >= 0.3 is 5.97 Å². The van der Waals surface area contributed by atoms with Crippen LogP contribution in [0.15, 0.2) is 18.3 Å². The van der Waals surface area contributed by atoms with E-state index < -0.39 is 5.97 Å². The molecule has 15 heavy (non-hydrogen) atoms. The van der Waals surface area contributed by atoms with Crippen LogP contribution >= 0.6 is 0 Å². The van der Waals surface area contributed by atoms with Crippen molar-refractivity contribution in [1.82, 2.24) is 4.98 Å². The Morgan fingerprint density at radius 1 is 1.67 bits per heavy atom. The highest BCUT2D eigenvalue weighted by atomic mass is 16.5. The van der Waals surface area contributed by atoms with Gasteiger partial charge in [-0.1, -0.05) is 20.3 Å². The summed E-state index contributed by atoms with van der Waals surface area (Å²) < 4.78 is 5.36. The Hall–Kier alpha value is -1.58. The molecule has 0 radical (unpaired) electrons. The van der Waals surface area contributed by atoms with Crippen molar-refractivity contribution in [2.75, 3.05) is 6.61 Å². The number of carboxylic acid groups (broad SMARTS) is 1. The van der Waals surface area contributed by atoms with Crippen molar-refractivity contribution in [3.05, 3.63) is 23.9 Å². The molecule has 0 spiro atoms. The molecule has 1 rings (SSSR count). The van der Waals surface area contributed by atoms with Crippen LogP contribution in [0.1, 0.15) is 30.6 Å². The Balaban J connectivity index is 2.72. The molecule has 0 aliphatic rings. The van der Waals surface area contributed by atoms with E-state index >= 15 is 0 Å². The number of carbonyl (C=O) groups is 1. The molecule has 1 atom stereocenters. The van der Waals surface area contributed by atoms with Crippen LogP contribution in [-0.4, -0.2) is 22.7 Å². The third-order valence-electron chi connectivity index (χ3n) is 2.20. The number of hydrogen-bond acceptors (Lipinski definition) is 3. The molecular formula is C11H15NO3. The monoisotopic (exact) mass is 209 g/mol. The second-order valence-corrected chi connectivity index (χ2v) is 3.49. The topological polar surface area (TPSA) is 59.4 Å². The van der Waals surface area contributed by atoms with E-state index in [1.807, 2.05) is 6.92 Å². The third kappa shape index (κ3) is 3.23. The summed E-state index contributed by atoms with van der Waals surface area (Å²) in [5, 5.41) is 8.87. The van der Waals surface area contributed by atoms with Crippen LogP contribution in [0.4, 0.5) is 0 Å². The largest absolute Gasteiger partial charge is 0.477 e. The van der Waals surface area contributed by atoms with E-state index in [9.17, 15) is 4.79 Å². The maximum atomic E-state index is 10.8. The van der Waals surface area contributed by atoms with Gasteiger partial charge in [0.1, 0.15) is 5.56 Å². The maximum Gasteiger partial charge on any atom is 0.341 e. The number of ether oxygens (including phenoxy) is 1. The molecule has 1 aromatic heterocycles. The average molecular weight is 209 g/mol. The van der Waals surface area contributed by atoms with Gasteiger partial charge in [0.15, 0.2) is 0 Å². The fourth-order valence-electron chi connectivity index (χ4n) is 1.01. The Morgan fingerprint density at radius 3 is 3.00 bits per heavy atom. The van der Waals surface area contributed by atoms with Gasteiger partial charge in [0.05, 0.1) is 6.61 Å². The molecule has 0 aromatic carbocycles. The summed E-state index contributed by atoms with van der Waals surface area (Å²) in [5.41, 5.74) is 0.112. The summed E-state index contributed by atoms with van der Waals surface area (Å²) in [7, 11) is 0. The number of pyridine rings is 1. The minimum Gasteiger partial charge on any atom is -0.477 e. The Labute approximate surface area is 88.9 Å². The van der Waals surface area contributed by atoms with Crippen LogP contribution in [0.25, 0.3) is 0 Å². The molecule has 0 saturated carbocycles. The van der Waals surface area contributed by atoms with Gasteiger partial charge in [-0.25, -0.2) is 9.78 Å². The van der Waals surface area contributed by atoms with Gasteiger partial charge in [-0.15, -0.1) is 0 Å². The number of aromatic carboxylic acids is 1. The molecule has 0 saturated heterocycles. The molecule has 1 aromatic rings. The highest BCUT2D eigenvalue weighted by Crippen LogP contribution is 2.15. The molecule has 0 bridgehead atoms. The van der Waals surface area contributed by atoms with Gasteiger partial charge in [-0.3, -0.25) is 0 Å². The van der Waals surface area contributed by atoms with Crippen molar-refractivity contribution in [2.24, 2.45) is 5.92 Å². The molecule has 1 N–H and O–H groups in total. The van der Waals surface area contributed by atoms with Gasteiger partial charge in [0.2, 0.25) is 5.88 Å². The van der Waals surface area contributed by atoms with Crippen LogP contribution in [0, 0.1) is 5.92 Å². The van der Waals surface area contributed by atoms with Crippen LogP contribution < -0.4 is 4.74 Å². The standard InChI is InChI=1S/C11H15NO3/c1-3-8(2)7-15-10-9(11(13)14)5-4-6-12-10/h4-6,8H,3,7H2,1-2H3,(H,13,14). The first kappa shape index (κ1) is 11.5. The molecule has 82 valence electrons. The smallest absolute Gasteiger partial charge is 0.341 e. The molecular weight excluding hydrogens is 194 g/mol. The molecule has 1 heterocycles. The zero-order valence-electron chi connectivity index (χ0n) is 8.93. The second kappa shape index (κ2) is 5.34. The van der Waals surface area contributed by atoms with Crippen LogP contribution in [0.2, 0.25) is 0 Å². The van der Waals surface area contributed by atoms with E-state index in [-0.39, 0.29) is 11.4 Å². The highest BCUT2D eigenvalue weighted by Gasteiger charge is 2.12. The number of hydrogen-bond donors (Lipinski definition) is 1. The fourth-order valence-corrected chi connectivity index (χ4v) is 1.01. The van der Waals surface area contributed by atoms with Gasteiger partial charge in [-0.2, -0.15) is 0 Å². The summed E-state index contributed by atoms with van der Waals surface area (Å²) in [6.45, 7) is 4.60. The lowest BCUT2D eigenvalue weighted by Gasteiger charge is -2.11. The summed E-state index contributed by atoms with van der Waals surface area (Å²) in [5.74, 6) is -0.416. The molecule has 1 unspecified atom stereocenters. The van der Waals surface area contributed by atoms with Crippen molar-refractivity contribution in [3.63, 3.8) is 0 Å². The van der Waals surface area contributed by atoms with Gasteiger partial charge in [0.25, 0.3) is 0 Å². The first-order chi connectivity index (χ1) is 7.15. The summed E-state index contributed by atoms with van der Waals surface area (Å²) in [6, 6.07) is 3.07. The normalized spacial score (nSPS) is 12.1. The Bertz CT molecular complexity index is 338. The van der Waals surface area contributed by atoms with Gasteiger partial charge in [-0.05, 0) is 18.1 Å². The van der Waals surface area contributed by atoms with E-state index in [0.29, 0.717) is 12.5 Å². The number of aromatic nitrogens is 1. The van der Waals surface area contributed by atoms with Crippen LogP contribution in [-0.2, 0) is 0 Å². The number of carboxylic acids is 1. The molecule has 4 heteroatoms. The fraction of sp³-hybridized carbons (Fsp3) is 0.455. The quantitative estimate of drug-likeness (QED) is 0.807. The lowest BCUT2D eigenvalue weighted by atomic mass is 10.1.